The molecule has 0 unspecified atom stereocenters. The molecule has 1 aliphatic rings. The number of thiazole rings is 1. The summed E-state index contributed by atoms with van der Waals surface area (Å²) in [5, 5.41) is 5.88. The third-order valence-corrected chi connectivity index (χ3v) is 6.03. The molecule has 4 nitrogen and oxygen atoms in total. The molecule has 2 heterocycles. The van der Waals surface area contributed by atoms with E-state index in [1.54, 1.807) is 16.3 Å². The molecule has 3 aromatic rings. The van der Waals surface area contributed by atoms with E-state index in [-0.39, 0.29) is 11.9 Å². The molecule has 0 saturated heterocycles. The van der Waals surface area contributed by atoms with Gasteiger partial charge >= 0.3 is 0 Å². The molecule has 4 rings (SSSR count). The van der Waals surface area contributed by atoms with Gasteiger partial charge in [0.2, 0.25) is 0 Å². The second-order valence-corrected chi connectivity index (χ2v) is 7.69. The molecule has 0 fully saturated rings. The van der Waals surface area contributed by atoms with Crippen LogP contribution in [0.2, 0.25) is 0 Å². The van der Waals surface area contributed by atoms with E-state index in [1.165, 1.54) is 11.8 Å². The first-order valence-electron chi connectivity index (χ1n) is 7.69. The Morgan fingerprint density at radius 3 is 2.79 bits per heavy atom. The van der Waals surface area contributed by atoms with Crippen LogP contribution in [0.5, 0.6) is 0 Å². The van der Waals surface area contributed by atoms with Gasteiger partial charge in [-0.25, -0.2) is 9.99 Å². The number of hydrogen-bond acceptors (Lipinski definition) is 5. The monoisotopic (exact) mass is 353 g/mol. The summed E-state index contributed by atoms with van der Waals surface area (Å²) >= 11 is 3.10. The van der Waals surface area contributed by atoms with Crippen LogP contribution in [0.1, 0.15) is 18.0 Å². The van der Waals surface area contributed by atoms with E-state index < -0.39 is 0 Å². The minimum Gasteiger partial charge on any atom is -0.272 e. The minimum absolute atomic E-state index is 0.00895. The number of para-hydroxylation sites is 1. The lowest BCUT2D eigenvalue weighted by Gasteiger charge is -2.21. The van der Waals surface area contributed by atoms with Crippen molar-refractivity contribution in [2.45, 2.75) is 16.8 Å². The lowest BCUT2D eigenvalue weighted by Crippen LogP contribution is -2.28. The van der Waals surface area contributed by atoms with Gasteiger partial charge in [0, 0.05) is 12.6 Å². The van der Waals surface area contributed by atoms with E-state index in [0.29, 0.717) is 5.75 Å². The highest BCUT2D eigenvalue weighted by molar-refractivity contribution is 8.01. The van der Waals surface area contributed by atoms with Gasteiger partial charge in [0.1, 0.15) is 0 Å². The number of hydrazone groups is 1. The highest BCUT2D eigenvalue weighted by Gasteiger charge is 2.28. The van der Waals surface area contributed by atoms with E-state index in [1.807, 2.05) is 54.7 Å². The van der Waals surface area contributed by atoms with Crippen LogP contribution in [-0.4, -0.2) is 27.9 Å². The van der Waals surface area contributed by atoms with Crippen LogP contribution in [0.4, 0.5) is 0 Å². The number of aromatic nitrogens is 1. The average molecular weight is 353 g/mol. The lowest BCUT2D eigenvalue weighted by atomic mass is 10.0. The molecule has 2 aromatic carbocycles. The summed E-state index contributed by atoms with van der Waals surface area (Å²) in [6.45, 7) is 0. The molecule has 0 N–H and O–H groups in total. The highest BCUT2D eigenvalue weighted by atomic mass is 32.2. The predicted molar refractivity (Wildman–Crippen MR) is 99.5 cm³/mol. The molecule has 1 aliphatic heterocycles. The quantitative estimate of drug-likeness (QED) is 0.655. The first-order valence-corrected chi connectivity index (χ1v) is 9.49. The molecular weight excluding hydrogens is 338 g/mol. The Morgan fingerprint density at radius 1 is 1.17 bits per heavy atom. The van der Waals surface area contributed by atoms with Crippen LogP contribution >= 0.6 is 23.1 Å². The van der Waals surface area contributed by atoms with Crippen LogP contribution in [0.15, 0.2) is 64.0 Å². The topological polar surface area (TPSA) is 45.6 Å². The third kappa shape index (κ3) is 3.07. The van der Waals surface area contributed by atoms with Crippen LogP contribution in [0.3, 0.4) is 0 Å². The minimum atomic E-state index is 0.00895. The van der Waals surface area contributed by atoms with E-state index in [2.05, 4.69) is 16.2 Å². The molecule has 1 amide bonds. The van der Waals surface area contributed by atoms with E-state index >= 15 is 0 Å². The number of carbonyl (C=O) groups is 1. The Bertz CT molecular complexity index is 858. The van der Waals surface area contributed by atoms with Crippen molar-refractivity contribution in [3.8, 4) is 0 Å². The zero-order valence-corrected chi connectivity index (χ0v) is 14.5. The summed E-state index contributed by atoms with van der Waals surface area (Å²) < 4.78 is 2.07. The van der Waals surface area contributed by atoms with Crippen molar-refractivity contribution in [1.29, 1.82) is 0 Å². The number of amides is 1. The fourth-order valence-corrected chi connectivity index (χ4v) is 4.63. The largest absolute Gasteiger partial charge is 0.272 e. The molecule has 120 valence electrons. The van der Waals surface area contributed by atoms with Crippen molar-refractivity contribution in [3.63, 3.8) is 0 Å². The highest BCUT2D eigenvalue weighted by Crippen LogP contribution is 2.32. The molecule has 6 heteroatoms. The second-order valence-electron chi connectivity index (χ2n) is 5.43. The number of benzene rings is 2. The van der Waals surface area contributed by atoms with E-state index in [9.17, 15) is 4.79 Å². The lowest BCUT2D eigenvalue weighted by molar-refractivity contribution is -0.130. The summed E-state index contributed by atoms with van der Waals surface area (Å²) in [5.74, 6) is 0.363. The zero-order chi connectivity index (χ0) is 16.4. The molecule has 0 aliphatic carbocycles. The first kappa shape index (κ1) is 15.4. The Kier molecular flexibility index (Phi) is 4.32. The van der Waals surface area contributed by atoms with Crippen LogP contribution < -0.4 is 0 Å². The zero-order valence-electron chi connectivity index (χ0n) is 12.8. The van der Waals surface area contributed by atoms with Gasteiger partial charge in [0.15, 0.2) is 4.34 Å². The van der Waals surface area contributed by atoms with Crippen molar-refractivity contribution in [1.82, 2.24) is 9.99 Å². The van der Waals surface area contributed by atoms with Gasteiger partial charge in [-0.2, -0.15) is 5.10 Å². The third-order valence-electron chi connectivity index (χ3n) is 3.86. The van der Waals surface area contributed by atoms with Crippen molar-refractivity contribution >= 4 is 45.4 Å². The first-order chi connectivity index (χ1) is 11.8. The SMILES string of the molecule is O=C(CSc1nc2ccccc2s1)N1N=CC[C@@H]1c1ccccc1. The summed E-state index contributed by atoms with van der Waals surface area (Å²) in [7, 11) is 0. The summed E-state index contributed by atoms with van der Waals surface area (Å²) in [6, 6.07) is 18.1. The predicted octanol–water partition coefficient (Wildman–Crippen LogP) is 4.35. The number of thioether (sulfide) groups is 1. The Morgan fingerprint density at radius 2 is 1.96 bits per heavy atom. The normalized spacial score (nSPS) is 16.8. The summed E-state index contributed by atoms with van der Waals surface area (Å²) in [6.07, 6.45) is 2.58. The van der Waals surface area contributed by atoms with E-state index in [0.717, 1.165) is 26.5 Å². The van der Waals surface area contributed by atoms with Crippen molar-refractivity contribution in [3.05, 3.63) is 60.2 Å². The molecule has 0 spiro atoms. The van der Waals surface area contributed by atoms with Gasteiger partial charge in [0.25, 0.3) is 5.91 Å². The maximum Gasteiger partial charge on any atom is 0.253 e. The van der Waals surface area contributed by atoms with Crippen LogP contribution in [-0.2, 0) is 4.79 Å². The number of nitrogens with zero attached hydrogens (tertiary/aromatic N) is 3. The fourth-order valence-electron chi connectivity index (χ4n) is 2.71. The smallest absolute Gasteiger partial charge is 0.253 e. The van der Waals surface area contributed by atoms with Crippen LogP contribution in [0.25, 0.3) is 10.2 Å². The van der Waals surface area contributed by atoms with Gasteiger partial charge in [-0.15, -0.1) is 11.3 Å². The number of fused-ring (bicyclic) bond motifs is 1. The van der Waals surface area contributed by atoms with E-state index in [4.69, 9.17) is 0 Å². The maximum atomic E-state index is 12.6. The van der Waals surface area contributed by atoms with Gasteiger partial charge in [-0.3, -0.25) is 4.79 Å². The number of hydrogen-bond donors (Lipinski definition) is 0. The molecule has 24 heavy (non-hydrogen) atoms. The summed E-state index contributed by atoms with van der Waals surface area (Å²) in [4.78, 5) is 17.1. The van der Waals surface area contributed by atoms with Gasteiger partial charge in [-0.1, -0.05) is 54.2 Å². The maximum absolute atomic E-state index is 12.6. The molecule has 0 radical (unpaired) electrons. The molecular formula is C18H15N3OS2. The molecule has 0 bridgehead atoms. The molecule has 1 aromatic heterocycles. The molecule has 1 atom stereocenters. The Labute approximate surface area is 148 Å². The van der Waals surface area contributed by atoms with Crippen molar-refractivity contribution in [2.75, 3.05) is 5.75 Å². The van der Waals surface area contributed by atoms with Crippen LogP contribution in [0, 0.1) is 0 Å². The van der Waals surface area contributed by atoms with Gasteiger partial charge in [0.05, 0.1) is 22.0 Å². The Hall–Kier alpha value is -2.18. The van der Waals surface area contributed by atoms with Crippen molar-refractivity contribution < 1.29 is 4.79 Å². The fraction of sp³-hybridized carbons (Fsp3) is 0.167. The van der Waals surface area contributed by atoms with Gasteiger partial charge in [-0.05, 0) is 17.7 Å². The van der Waals surface area contributed by atoms with Crippen molar-refractivity contribution in [2.24, 2.45) is 5.10 Å². The number of carbonyl (C=O) groups excluding carboxylic acids is 1. The molecule has 0 saturated carbocycles. The van der Waals surface area contributed by atoms with Gasteiger partial charge < -0.3 is 0 Å². The Balaban J connectivity index is 1.44. The number of rotatable bonds is 4. The summed E-state index contributed by atoms with van der Waals surface area (Å²) in [5.41, 5.74) is 2.10. The average Bonchev–Trinajstić information content (AvgIpc) is 3.27. The standard InChI is InChI=1S/C18H15N3OS2/c22-17(12-23-18-20-14-8-4-5-9-16(14)24-18)21-15(10-11-19-21)13-6-2-1-3-7-13/h1-9,11,15H,10,12H2/t15-/m1/s1. The second kappa shape index (κ2) is 6.75.